The van der Waals surface area contributed by atoms with Gasteiger partial charge >= 0.3 is 0 Å². The highest BCUT2D eigenvalue weighted by atomic mass is 16.5. The van der Waals surface area contributed by atoms with Crippen molar-refractivity contribution in [2.24, 2.45) is 11.1 Å². The van der Waals surface area contributed by atoms with Crippen LogP contribution in [0.3, 0.4) is 0 Å². The minimum Gasteiger partial charge on any atom is -0.493 e. The molecule has 3 heteroatoms. The third kappa shape index (κ3) is 1.43. The highest BCUT2D eigenvalue weighted by molar-refractivity contribution is 5.41. The van der Waals surface area contributed by atoms with Crippen molar-refractivity contribution in [3.8, 4) is 5.75 Å². The van der Waals surface area contributed by atoms with Crippen molar-refractivity contribution in [3.05, 3.63) is 29.3 Å². The molecule has 1 aliphatic heterocycles. The van der Waals surface area contributed by atoms with Crippen LogP contribution in [0.25, 0.3) is 0 Å². The average molecular weight is 219 g/mol. The van der Waals surface area contributed by atoms with Gasteiger partial charge in [-0.25, -0.2) is 0 Å². The number of aliphatic hydroxyl groups is 1. The fourth-order valence-electron chi connectivity index (χ4n) is 2.48. The zero-order valence-electron chi connectivity index (χ0n) is 9.28. The van der Waals surface area contributed by atoms with Gasteiger partial charge in [-0.05, 0) is 30.0 Å². The SMILES string of the molecule is NC(c1ccc2c(c1)CCO2)C1(CO)CC1. The number of hydrogen-bond acceptors (Lipinski definition) is 3. The lowest BCUT2D eigenvalue weighted by molar-refractivity contribution is 0.187. The molecule has 1 atom stereocenters. The predicted octanol–water partition coefficient (Wildman–Crippen LogP) is 1.39. The summed E-state index contributed by atoms with van der Waals surface area (Å²) in [6.07, 6.45) is 3.05. The third-order valence-corrected chi connectivity index (χ3v) is 3.94. The van der Waals surface area contributed by atoms with Gasteiger partial charge in [0.15, 0.2) is 0 Å². The Bertz CT molecular complexity index is 412. The van der Waals surface area contributed by atoms with Gasteiger partial charge in [0.25, 0.3) is 0 Å². The minimum atomic E-state index is -0.0479. The van der Waals surface area contributed by atoms with E-state index in [1.807, 2.05) is 12.1 Å². The van der Waals surface area contributed by atoms with Crippen LogP contribution >= 0.6 is 0 Å². The first-order chi connectivity index (χ1) is 7.75. The van der Waals surface area contributed by atoms with E-state index in [0.717, 1.165) is 37.2 Å². The summed E-state index contributed by atoms with van der Waals surface area (Å²) >= 11 is 0. The summed E-state index contributed by atoms with van der Waals surface area (Å²) in [6, 6.07) is 6.14. The minimum absolute atomic E-state index is 0.0385. The van der Waals surface area contributed by atoms with Gasteiger partial charge in [0.2, 0.25) is 0 Å². The molecular formula is C13H17NO2. The maximum Gasteiger partial charge on any atom is 0.122 e. The lowest BCUT2D eigenvalue weighted by Gasteiger charge is -2.21. The van der Waals surface area contributed by atoms with Gasteiger partial charge in [-0.2, -0.15) is 0 Å². The second-order valence-corrected chi connectivity index (χ2v) is 4.96. The highest BCUT2D eigenvalue weighted by Crippen LogP contribution is 2.53. The van der Waals surface area contributed by atoms with Crippen LogP contribution in [0.15, 0.2) is 18.2 Å². The zero-order chi connectivity index (χ0) is 11.2. The molecule has 1 heterocycles. The molecule has 0 amide bonds. The Kier molecular flexibility index (Phi) is 2.19. The topological polar surface area (TPSA) is 55.5 Å². The molecule has 1 aromatic rings. The Morgan fingerprint density at radius 3 is 2.94 bits per heavy atom. The monoisotopic (exact) mass is 219 g/mol. The molecule has 1 unspecified atom stereocenters. The number of rotatable bonds is 3. The van der Waals surface area contributed by atoms with Crippen LogP contribution in [0.2, 0.25) is 0 Å². The van der Waals surface area contributed by atoms with Crippen LogP contribution < -0.4 is 10.5 Å². The Balaban J connectivity index is 1.89. The Labute approximate surface area is 95.2 Å². The lowest BCUT2D eigenvalue weighted by atomic mass is 9.90. The Morgan fingerprint density at radius 1 is 1.44 bits per heavy atom. The quantitative estimate of drug-likeness (QED) is 0.807. The van der Waals surface area contributed by atoms with Gasteiger partial charge in [-0.15, -0.1) is 0 Å². The average Bonchev–Trinajstić information content (AvgIpc) is 2.98. The van der Waals surface area contributed by atoms with Crippen molar-refractivity contribution in [1.82, 2.24) is 0 Å². The fourth-order valence-corrected chi connectivity index (χ4v) is 2.48. The van der Waals surface area contributed by atoms with Gasteiger partial charge in [-0.3, -0.25) is 0 Å². The predicted molar refractivity (Wildman–Crippen MR) is 61.3 cm³/mol. The molecule has 0 aromatic heterocycles. The fraction of sp³-hybridized carbons (Fsp3) is 0.538. The van der Waals surface area contributed by atoms with Crippen molar-refractivity contribution in [2.45, 2.75) is 25.3 Å². The van der Waals surface area contributed by atoms with Crippen LogP contribution in [-0.2, 0) is 6.42 Å². The summed E-state index contributed by atoms with van der Waals surface area (Å²) in [5, 5.41) is 9.38. The van der Waals surface area contributed by atoms with Crippen molar-refractivity contribution < 1.29 is 9.84 Å². The molecule has 3 nitrogen and oxygen atoms in total. The Morgan fingerprint density at radius 2 is 2.25 bits per heavy atom. The molecule has 0 radical (unpaired) electrons. The van der Waals surface area contributed by atoms with Crippen LogP contribution in [0.4, 0.5) is 0 Å². The molecule has 2 aliphatic rings. The van der Waals surface area contributed by atoms with Crippen molar-refractivity contribution in [1.29, 1.82) is 0 Å². The van der Waals surface area contributed by atoms with E-state index in [2.05, 4.69) is 6.07 Å². The molecule has 1 fully saturated rings. The van der Waals surface area contributed by atoms with Crippen molar-refractivity contribution in [2.75, 3.05) is 13.2 Å². The molecule has 1 aromatic carbocycles. The van der Waals surface area contributed by atoms with E-state index < -0.39 is 0 Å². The van der Waals surface area contributed by atoms with E-state index in [4.69, 9.17) is 10.5 Å². The number of hydrogen-bond donors (Lipinski definition) is 2. The zero-order valence-corrected chi connectivity index (χ0v) is 9.28. The van der Waals surface area contributed by atoms with Crippen LogP contribution in [0.1, 0.15) is 30.0 Å². The maximum absolute atomic E-state index is 9.38. The van der Waals surface area contributed by atoms with Crippen LogP contribution in [0, 0.1) is 5.41 Å². The number of fused-ring (bicyclic) bond motifs is 1. The van der Waals surface area contributed by atoms with Crippen LogP contribution in [0.5, 0.6) is 5.75 Å². The summed E-state index contributed by atoms with van der Waals surface area (Å²) in [5.74, 6) is 0.991. The molecule has 0 spiro atoms. The summed E-state index contributed by atoms with van der Waals surface area (Å²) in [6.45, 7) is 0.973. The molecule has 16 heavy (non-hydrogen) atoms. The molecule has 86 valence electrons. The van der Waals surface area contributed by atoms with E-state index in [1.165, 1.54) is 5.56 Å². The van der Waals surface area contributed by atoms with E-state index >= 15 is 0 Å². The lowest BCUT2D eigenvalue weighted by Crippen LogP contribution is -2.25. The first-order valence-corrected chi connectivity index (χ1v) is 5.87. The second-order valence-electron chi connectivity index (χ2n) is 4.96. The van der Waals surface area contributed by atoms with Gasteiger partial charge in [0, 0.05) is 17.9 Å². The van der Waals surface area contributed by atoms with Gasteiger partial charge < -0.3 is 15.6 Å². The molecule has 0 saturated heterocycles. The van der Waals surface area contributed by atoms with E-state index in [0.29, 0.717) is 0 Å². The first-order valence-electron chi connectivity index (χ1n) is 5.87. The van der Waals surface area contributed by atoms with Gasteiger partial charge in [0.1, 0.15) is 5.75 Å². The van der Waals surface area contributed by atoms with Crippen molar-refractivity contribution >= 4 is 0 Å². The van der Waals surface area contributed by atoms with E-state index in [-0.39, 0.29) is 18.1 Å². The smallest absolute Gasteiger partial charge is 0.122 e. The highest BCUT2D eigenvalue weighted by Gasteiger charge is 2.47. The number of benzene rings is 1. The third-order valence-electron chi connectivity index (χ3n) is 3.94. The number of aliphatic hydroxyl groups excluding tert-OH is 1. The standard InChI is InChI=1S/C13H17NO2/c14-12(13(8-15)4-5-13)10-1-2-11-9(7-10)3-6-16-11/h1-2,7,12,15H,3-6,8,14H2. The van der Waals surface area contributed by atoms with E-state index in [1.54, 1.807) is 0 Å². The molecule has 1 saturated carbocycles. The van der Waals surface area contributed by atoms with Gasteiger partial charge in [0.05, 0.1) is 13.2 Å². The molecule has 3 rings (SSSR count). The van der Waals surface area contributed by atoms with Crippen LogP contribution in [-0.4, -0.2) is 18.3 Å². The Hall–Kier alpha value is -1.06. The summed E-state index contributed by atoms with van der Waals surface area (Å²) in [7, 11) is 0. The first kappa shape index (κ1) is 10.1. The second kappa shape index (κ2) is 3.47. The number of ether oxygens (including phenoxy) is 1. The molecular weight excluding hydrogens is 202 g/mol. The summed E-state index contributed by atoms with van der Waals surface area (Å²) in [5.41, 5.74) is 8.58. The van der Waals surface area contributed by atoms with E-state index in [9.17, 15) is 5.11 Å². The molecule has 0 bridgehead atoms. The molecule has 1 aliphatic carbocycles. The van der Waals surface area contributed by atoms with Gasteiger partial charge in [-0.1, -0.05) is 12.1 Å². The normalized spacial score (nSPS) is 22.4. The number of nitrogens with two attached hydrogens (primary N) is 1. The summed E-state index contributed by atoms with van der Waals surface area (Å²) < 4.78 is 5.47. The largest absolute Gasteiger partial charge is 0.493 e. The summed E-state index contributed by atoms with van der Waals surface area (Å²) in [4.78, 5) is 0. The molecule has 3 N–H and O–H groups in total. The maximum atomic E-state index is 9.38. The van der Waals surface area contributed by atoms with Crippen molar-refractivity contribution in [3.63, 3.8) is 0 Å².